The highest BCUT2D eigenvalue weighted by molar-refractivity contribution is 5.79. The number of rotatable bonds is 4. The van der Waals surface area contributed by atoms with E-state index >= 15 is 0 Å². The topological polar surface area (TPSA) is 76.0 Å². The summed E-state index contributed by atoms with van der Waals surface area (Å²) >= 11 is 0. The van der Waals surface area contributed by atoms with Gasteiger partial charge in [-0.05, 0) is 24.1 Å². The quantitative estimate of drug-likeness (QED) is 0.669. The van der Waals surface area contributed by atoms with Crippen molar-refractivity contribution in [3.05, 3.63) is 47.5 Å². The number of phenols is 2. The number of ether oxygens (including phenoxy) is 2. The maximum absolute atomic E-state index is 11.9. The van der Waals surface area contributed by atoms with Gasteiger partial charge >= 0.3 is 5.97 Å². The number of fused-ring (bicyclic) bond motifs is 1. The summed E-state index contributed by atoms with van der Waals surface area (Å²) in [4.78, 5) is 11.9. The summed E-state index contributed by atoms with van der Waals surface area (Å²) < 4.78 is 11.0. The van der Waals surface area contributed by atoms with Crippen LogP contribution in [0.25, 0.3) is 0 Å². The predicted octanol–water partition coefficient (Wildman–Crippen LogP) is 3.33. The highest BCUT2D eigenvalue weighted by atomic mass is 16.5. The van der Waals surface area contributed by atoms with E-state index in [-0.39, 0.29) is 29.8 Å². The van der Waals surface area contributed by atoms with E-state index in [0.29, 0.717) is 18.1 Å². The van der Waals surface area contributed by atoms with E-state index in [4.69, 9.17) is 9.47 Å². The van der Waals surface area contributed by atoms with E-state index in [1.807, 2.05) is 6.92 Å². The van der Waals surface area contributed by atoms with Crippen LogP contribution in [0, 0.1) is 0 Å². The molecule has 0 bridgehead atoms. The van der Waals surface area contributed by atoms with Crippen LogP contribution in [0.3, 0.4) is 0 Å². The summed E-state index contributed by atoms with van der Waals surface area (Å²) in [6.07, 6.45) is 1.01. The van der Waals surface area contributed by atoms with E-state index < -0.39 is 0 Å². The zero-order valence-corrected chi connectivity index (χ0v) is 12.8. The summed E-state index contributed by atoms with van der Waals surface area (Å²) in [7, 11) is 0. The zero-order chi connectivity index (χ0) is 16.4. The molecule has 5 heteroatoms. The van der Waals surface area contributed by atoms with Gasteiger partial charge in [-0.3, -0.25) is 4.79 Å². The van der Waals surface area contributed by atoms with E-state index in [1.54, 1.807) is 30.3 Å². The second-order valence-corrected chi connectivity index (χ2v) is 5.53. The predicted molar refractivity (Wildman–Crippen MR) is 84.1 cm³/mol. The number of carbonyl (C=O) groups excluding carboxylic acids is 1. The molecule has 23 heavy (non-hydrogen) atoms. The molecular weight excluding hydrogens is 296 g/mol. The molecule has 5 nitrogen and oxygen atoms in total. The molecule has 1 atom stereocenters. The fourth-order valence-corrected chi connectivity index (χ4v) is 2.77. The molecule has 0 spiro atoms. The van der Waals surface area contributed by atoms with Crippen LogP contribution in [-0.2, 0) is 4.79 Å². The summed E-state index contributed by atoms with van der Waals surface area (Å²) in [5.41, 5.74) is 1.63. The van der Waals surface area contributed by atoms with Crippen LogP contribution in [0.1, 0.15) is 36.8 Å². The lowest BCUT2D eigenvalue weighted by Gasteiger charge is -2.27. The van der Waals surface area contributed by atoms with Crippen molar-refractivity contribution in [2.24, 2.45) is 0 Å². The van der Waals surface area contributed by atoms with Crippen molar-refractivity contribution in [2.45, 2.75) is 25.7 Å². The van der Waals surface area contributed by atoms with Gasteiger partial charge in [-0.15, -0.1) is 0 Å². The lowest BCUT2D eigenvalue weighted by atomic mass is 9.85. The minimum atomic E-state index is -0.359. The average molecular weight is 314 g/mol. The summed E-state index contributed by atoms with van der Waals surface area (Å²) in [5.74, 6) is 0.411. The highest BCUT2D eigenvalue weighted by Crippen LogP contribution is 2.46. The van der Waals surface area contributed by atoms with Crippen molar-refractivity contribution >= 4 is 5.97 Å². The van der Waals surface area contributed by atoms with Crippen LogP contribution in [0.2, 0.25) is 0 Å². The SMILES string of the molecule is CCCOc1cc(O)cc2c1[C@H](c1ccc(O)cc1)CC(=O)O2. The molecule has 3 rings (SSSR count). The molecule has 0 saturated heterocycles. The third kappa shape index (κ3) is 3.08. The number of benzene rings is 2. The molecule has 2 aromatic rings. The van der Waals surface area contributed by atoms with Crippen molar-refractivity contribution in [2.75, 3.05) is 6.61 Å². The largest absolute Gasteiger partial charge is 0.508 e. The third-order valence-electron chi connectivity index (χ3n) is 3.79. The number of hydrogen-bond acceptors (Lipinski definition) is 5. The lowest BCUT2D eigenvalue weighted by Crippen LogP contribution is -2.22. The summed E-state index contributed by atoms with van der Waals surface area (Å²) in [6.45, 7) is 2.50. The Morgan fingerprint density at radius 3 is 2.61 bits per heavy atom. The van der Waals surface area contributed by atoms with Crippen LogP contribution in [0.5, 0.6) is 23.0 Å². The first-order valence-electron chi connectivity index (χ1n) is 7.57. The Balaban J connectivity index is 2.10. The Hall–Kier alpha value is -2.69. The van der Waals surface area contributed by atoms with Crippen molar-refractivity contribution < 1.29 is 24.5 Å². The molecule has 0 aliphatic carbocycles. The van der Waals surface area contributed by atoms with E-state index in [2.05, 4.69) is 0 Å². The maximum Gasteiger partial charge on any atom is 0.312 e. The molecule has 2 N–H and O–H groups in total. The Morgan fingerprint density at radius 2 is 1.91 bits per heavy atom. The first-order valence-corrected chi connectivity index (χ1v) is 7.57. The number of carbonyl (C=O) groups is 1. The fourth-order valence-electron chi connectivity index (χ4n) is 2.77. The van der Waals surface area contributed by atoms with Gasteiger partial charge in [0.25, 0.3) is 0 Å². The molecule has 0 unspecified atom stereocenters. The van der Waals surface area contributed by atoms with Crippen LogP contribution in [0.15, 0.2) is 36.4 Å². The molecule has 120 valence electrons. The summed E-state index contributed by atoms with van der Waals surface area (Å²) in [6, 6.07) is 9.70. The van der Waals surface area contributed by atoms with Crippen molar-refractivity contribution in [3.63, 3.8) is 0 Å². The van der Waals surface area contributed by atoms with Crippen LogP contribution < -0.4 is 9.47 Å². The van der Waals surface area contributed by atoms with E-state index in [1.165, 1.54) is 6.07 Å². The molecular formula is C18H18O5. The molecule has 1 aliphatic heterocycles. The molecule has 2 aromatic carbocycles. The number of hydrogen-bond donors (Lipinski definition) is 2. The van der Waals surface area contributed by atoms with Gasteiger partial charge in [-0.25, -0.2) is 0 Å². The van der Waals surface area contributed by atoms with Gasteiger partial charge in [-0.1, -0.05) is 19.1 Å². The monoisotopic (exact) mass is 314 g/mol. The average Bonchev–Trinajstić information content (AvgIpc) is 2.52. The molecule has 1 aliphatic rings. The van der Waals surface area contributed by atoms with Gasteiger partial charge in [-0.2, -0.15) is 0 Å². The van der Waals surface area contributed by atoms with Gasteiger partial charge in [0, 0.05) is 23.6 Å². The smallest absolute Gasteiger partial charge is 0.312 e. The summed E-state index contributed by atoms with van der Waals surface area (Å²) in [5, 5.41) is 19.3. The standard InChI is InChI=1S/C18H18O5/c1-2-7-22-15-8-13(20)9-16-18(15)14(10-17(21)23-16)11-3-5-12(19)6-4-11/h3-6,8-9,14,19-20H,2,7,10H2,1H3/t14-/m0/s1. The van der Waals surface area contributed by atoms with Crippen molar-refractivity contribution in [1.29, 1.82) is 0 Å². The van der Waals surface area contributed by atoms with Gasteiger partial charge in [0.05, 0.1) is 13.0 Å². The van der Waals surface area contributed by atoms with Gasteiger partial charge in [0.2, 0.25) is 0 Å². The fraction of sp³-hybridized carbons (Fsp3) is 0.278. The molecule has 0 radical (unpaired) electrons. The van der Waals surface area contributed by atoms with Crippen molar-refractivity contribution in [1.82, 2.24) is 0 Å². The second kappa shape index (κ2) is 6.20. The minimum absolute atomic E-state index is 0.00555. The Labute approximate surface area is 134 Å². The third-order valence-corrected chi connectivity index (χ3v) is 3.79. The van der Waals surface area contributed by atoms with Crippen LogP contribution in [-0.4, -0.2) is 22.8 Å². The Bertz CT molecular complexity index is 721. The number of phenolic OH excluding ortho intramolecular Hbond substituents is 2. The normalized spacial score (nSPS) is 16.6. The molecule has 1 heterocycles. The van der Waals surface area contributed by atoms with Gasteiger partial charge in [0.1, 0.15) is 23.0 Å². The molecule has 0 amide bonds. The number of esters is 1. The highest BCUT2D eigenvalue weighted by Gasteiger charge is 2.32. The number of aromatic hydroxyl groups is 2. The van der Waals surface area contributed by atoms with Gasteiger partial charge in [0.15, 0.2) is 0 Å². The first-order chi connectivity index (χ1) is 11.1. The molecule has 0 fully saturated rings. The first kappa shape index (κ1) is 15.2. The maximum atomic E-state index is 11.9. The van der Waals surface area contributed by atoms with Crippen LogP contribution in [0.4, 0.5) is 0 Å². The molecule has 0 saturated carbocycles. The van der Waals surface area contributed by atoms with Gasteiger partial charge < -0.3 is 19.7 Å². The Kier molecular flexibility index (Phi) is 4.10. The van der Waals surface area contributed by atoms with Crippen LogP contribution >= 0.6 is 0 Å². The lowest BCUT2D eigenvalue weighted by molar-refractivity contribution is -0.135. The van der Waals surface area contributed by atoms with Crippen molar-refractivity contribution in [3.8, 4) is 23.0 Å². The van der Waals surface area contributed by atoms with E-state index in [9.17, 15) is 15.0 Å². The Morgan fingerprint density at radius 1 is 1.17 bits per heavy atom. The molecule has 0 aromatic heterocycles. The zero-order valence-electron chi connectivity index (χ0n) is 12.8. The van der Waals surface area contributed by atoms with E-state index in [0.717, 1.165) is 17.5 Å². The second-order valence-electron chi connectivity index (χ2n) is 5.53. The minimum Gasteiger partial charge on any atom is -0.508 e.